The number of hydrogen-bond donors (Lipinski definition) is 1. The van der Waals surface area contributed by atoms with Crippen molar-refractivity contribution < 1.29 is 9.53 Å². The minimum Gasteiger partial charge on any atom is -0.381 e. The Morgan fingerprint density at radius 1 is 1.08 bits per heavy atom. The van der Waals surface area contributed by atoms with Crippen LogP contribution in [0.4, 0.5) is 0 Å². The molecule has 0 saturated carbocycles. The lowest BCUT2D eigenvalue weighted by Gasteiger charge is -2.37. The topological polar surface area (TPSA) is 38.3 Å². The Kier molecular flexibility index (Phi) is 5.54. The normalized spacial score (nSPS) is 17.7. The molecule has 2 aromatic rings. The molecule has 3 nitrogen and oxygen atoms in total. The maximum absolute atomic E-state index is 13.3. The maximum Gasteiger partial charge on any atom is 0.231 e. The molecule has 2 aromatic carbocycles. The lowest BCUT2D eigenvalue weighted by atomic mass is 9.73. The SMILES string of the molecule is CCc1ccc(C(C)NC(=O)C2(c3ccccc3)CCOCC2)cc1. The molecule has 0 bridgehead atoms. The number of rotatable bonds is 5. The first-order chi connectivity index (χ1) is 12.2. The van der Waals surface area contributed by atoms with Gasteiger partial charge in [0.15, 0.2) is 0 Å². The van der Waals surface area contributed by atoms with Gasteiger partial charge in [-0.2, -0.15) is 0 Å². The highest BCUT2D eigenvalue weighted by Gasteiger charge is 2.42. The van der Waals surface area contributed by atoms with E-state index in [0.717, 1.165) is 30.4 Å². The van der Waals surface area contributed by atoms with Crippen LogP contribution in [-0.2, 0) is 21.4 Å². The molecule has 1 N–H and O–H groups in total. The predicted octanol–water partition coefficient (Wildman–Crippen LogP) is 4.17. The van der Waals surface area contributed by atoms with Crippen LogP contribution in [0.3, 0.4) is 0 Å². The summed E-state index contributed by atoms with van der Waals surface area (Å²) in [5.41, 5.74) is 3.05. The second-order valence-corrected chi connectivity index (χ2v) is 6.85. The van der Waals surface area contributed by atoms with Crippen molar-refractivity contribution in [1.29, 1.82) is 0 Å². The van der Waals surface area contributed by atoms with Gasteiger partial charge in [-0.3, -0.25) is 4.79 Å². The summed E-state index contributed by atoms with van der Waals surface area (Å²) >= 11 is 0. The number of nitrogens with one attached hydrogen (secondary N) is 1. The van der Waals surface area contributed by atoms with E-state index >= 15 is 0 Å². The van der Waals surface area contributed by atoms with E-state index in [2.05, 4.69) is 55.6 Å². The summed E-state index contributed by atoms with van der Waals surface area (Å²) in [6.07, 6.45) is 2.48. The van der Waals surface area contributed by atoms with Gasteiger partial charge in [0.2, 0.25) is 5.91 Å². The second-order valence-electron chi connectivity index (χ2n) is 6.85. The molecule has 1 saturated heterocycles. The van der Waals surface area contributed by atoms with Gasteiger partial charge in [-0.05, 0) is 42.9 Å². The highest BCUT2D eigenvalue weighted by molar-refractivity contribution is 5.88. The fourth-order valence-electron chi connectivity index (χ4n) is 3.58. The van der Waals surface area contributed by atoms with Crippen LogP contribution in [0.2, 0.25) is 0 Å². The third-order valence-corrected chi connectivity index (χ3v) is 5.34. The number of amides is 1. The minimum absolute atomic E-state index is 0.0122. The zero-order valence-corrected chi connectivity index (χ0v) is 15.1. The molecule has 1 aliphatic rings. The molecule has 132 valence electrons. The van der Waals surface area contributed by atoms with Gasteiger partial charge in [-0.1, -0.05) is 61.5 Å². The molecule has 0 aromatic heterocycles. The van der Waals surface area contributed by atoms with Crippen molar-refractivity contribution in [1.82, 2.24) is 5.32 Å². The van der Waals surface area contributed by atoms with Crippen molar-refractivity contribution in [2.24, 2.45) is 0 Å². The van der Waals surface area contributed by atoms with Crippen molar-refractivity contribution in [2.45, 2.75) is 44.6 Å². The zero-order chi connectivity index (χ0) is 17.7. The highest BCUT2D eigenvalue weighted by atomic mass is 16.5. The first-order valence-electron chi connectivity index (χ1n) is 9.19. The van der Waals surface area contributed by atoms with Crippen LogP contribution in [0.25, 0.3) is 0 Å². The van der Waals surface area contributed by atoms with Gasteiger partial charge in [-0.25, -0.2) is 0 Å². The predicted molar refractivity (Wildman–Crippen MR) is 101 cm³/mol. The first kappa shape index (κ1) is 17.7. The number of carbonyl (C=O) groups is 1. The van der Waals surface area contributed by atoms with E-state index in [4.69, 9.17) is 4.74 Å². The molecule has 0 spiro atoms. The summed E-state index contributed by atoms with van der Waals surface area (Å²) in [5, 5.41) is 3.25. The van der Waals surface area contributed by atoms with Crippen LogP contribution in [0, 0.1) is 0 Å². The summed E-state index contributed by atoms with van der Waals surface area (Å²) in [4.78, 5) is 13.3. The summed E-state index contributed by atoms with van der Waals surface area (Å²) in [6, 6.07) is 18.6. The standard InChI is InChI=1S/C22H27NO2/c1-3-18-9-11-19(12-10-18)17(2)23-21(24)22(13-15-25-16-14-22)20-7-5-4-6-8-20/h4-12,17H,3,13-16H2,1-2H3,(H,23,24). The molecule has 25 heavy (non-hydrogen) atoms. The Labute approximate surface area is 150 Å². The van der Waals surface area contributed by atoms with E-state index in [1.54, 1.807) is 0 Å². The van der Waals surface area contributed by atoms with Gasteiger partial charge in [0.25, 0.3) is 0 Å². The van der Waals surface area contributed by atoms with Crippen molar-refractivity contribution in [3.05, 3.63) is 71.3 Å². The quantitative estimate of drug-likeness (QED) is 0.889. The Balaban J connectivity index is 1.80. The molecule has 3 rings (SSSR count). The molecule has 0 radical (unpaired) electrons. The lowest BCUT2D eigenvalue weighted by molar-refractivity contribution is -0.131. The maximum atomic E-state index is 13.3. The van der Waals surface area contributed by atoms with Gasteiger partial charge in [0.05, 0.1) is 11.5 Å². The molecule has 1 heterocycles. The zero-order valence-electron chi connectivity index (χ0n) is 15.1. The average Bonchev–Trinajstić information content (AvgIpc) is 2.69. The fourth-order valence-corrected chi connectivity index (χ4v) is 3.58. The summed E-state index contributed by atoms with van der Waals surface area (Å²) in [5.74, 6) is 0.106. The molecule has 1 unspecified atom stereocenters. The molecular weight excluding hydrogens is 310 g/mol. The van der Waals surface area contributed by atoms with Crippen LogP contribution < -0.4 is 5.32 Å². The summed E-state index contributed by atoms with van der Waals surface area (Å²) in [6.45, 7) is 5.45. The van der Waals surface area contributed by atoms with Gasteiger partial charge in [-0.15, -0.1) is 0 Å². The van der Waals surface area contributed by atoms with Crippen LogP contribution in [-0.4, -0.2) is 19.1 Å². The van der Waals surface area contributed by atoms with Gasteiger partial charge in [0, 0.05) is 13.2 Å². The van der Waals surface area contributed by atoms with Crippen LogP contribution in [0.15, 0.2) is 54.6 Å². The van der Waals surface area contributed by atoms with Crippen LogP contribution in [0.1, 0.15) is 49.4 Å². The average molecular weight is 337 g/mol. The molecule has 1 amide bonds. The van der Waals surface area contributed by atoms with Crippen LogP contribution in [0.5, 0.6) is 0 Å². The Morgan fingerprint density at radius 2 is 1.72 bits per heavy atom. The van der Waals surface area contributed by atoms with Crippen molar-refractivity contribution >= 4 is 5.91 Å². The molecule has 3 heteroatoms. The van der Waals surface area contributed by atoms with E-state index in [1.165, 1.54) is 5.56 Å². The molecular formula is C22H27NO2. The summed E-state index contributed by atoms with van der Waals surface area (Å²) in [7, 11) is 0. The fraction of sp³-hybridized carbons (Fsp3) is 0.409. The number of hydrogen-bond acceptors (Lipinski definition) is 2. The van der Waals surface area contributed by atoms with E-state index in [-0.39, 0.29) is 11.9 Å². The number of aryl methyl sites for hydroxylation is 1. The van der Waals surface area contributed by atoms with E-state index in [1.807, 2.05) is 18.2 Å². The van der Waals surface area contributed by atoms with E-state index in [9.17, 15) is 4.79 Å². The van der Waals surface area contributed by atoms with E-state index in [0.29, 0.717) is 13.2 Å². The Bertz CT molecular complexity index is 688. The number of benzene rings is 2. The van der Waals surface area contributed by atoms with Gasteiger partial charge < -0.3 is 10.1 Å². The number of carbonyl (C=O) groups excluding carboxylic acids is 1. The van der Waals surface area contributed by atoms with Crippen molar-refractivity contribution in [3.63, 3.8) is 0 Å². The molecule has 0 aliphatic carbocycles. The largest absolute Gasteiger partial charge is 0.381 e. The monoisotopic (exact) mass is 337 g/mol. The summed E-state index contributed by atoms with van der Waals surface area (Å²) < 4.78 is 5.53. The third kappa shape index (κ3) is 3.77. The lowest BCUT2D eigenvalue weighted by Crippen LogP contribution is -2.48. The Morgan fingerprint density at radius 3 is 2.32 bits per heavy atom. The smallest absolute Gasteiger partial charge is 0.231 e. The molecule has 1 atom stereocenters. The minimum atomic E-state index is -0.489. The van der Waals surface area contributed by atoms with Crippen molar-refractivity contribution in [3.8, 4) is 0 Å². The van der Waals surface area contributed by atoms with Gasteiger partial charge in [0.1, 0.15) is 0 Å². The van der Waals surface area contributed by atoms with Crippen LogP contribution >= 0.6 is 0 Å². The third-order valence-electron chi connectivity index (χ3n) is 5.34. The molecule has 1 fully saturated rings. The van der Waals surface area contributed by atoms with Gasteiger partial charge >= 0.3 is 0 Å². The molecule has 1 aliphatic heterocycles. The van der Waals surface area contributed by atoms with Crippen molar-refractivity contribution in [2.75, 3.05) is 13.2 Å². The number of ether oxygens (including phenoxy) is 1. The van der Waals surface area contributed by atoms with E-state index < -0.39 is 5.41 Å². The Hall–Kier alpha value is -2.13. The second kappa shape index (κ2) is 7.83. The highest BCUT2D eigenvalue weighted by Crippen LogP contribution is 2.35. The first-order valence-corrected chi connectivity index (χ1v) is 9.19.